The standard InChI is InChI=1S/C22H20N4O2S/c23-20(27)12-16-14-29-22(24-16)25-21(28)13-19(26-10-3-4-11-26)18-9-5-7-15-6-1-2-8-17(15)18/h1-11,14,19H,12-13H2,(H2,23,27)(H,24,25,28)/t19-/m0/s1. The van der Waals surface area contributed by atoms with E-state index >= 15 is 0 Å². The van der Waals surface area contributed by atoms with Gasteiger partial charge in [0.2, 0.25) is 11.8 Å². The Morgan fingerprint density at radius 2 is 1.83 bits per heavy atom. The Hall–Kier alpha value is -3.45. The molecule has 0 aliphatic heterocycles. The highest BCUT2D eigenvalue weighted by Gasteiger charge is 2.20. The van der Waals surface area contributed by atoms with Crippen LogP contribution in [-0.2, 0) is 16.0 Å². The lowest BCUT2D eigenvalue weighted by Gasteiger charge is -2.21. The number of aromatic nitrogens is 2. The molecule has 0 saturated carbocycles. The lowest BCUT2D eigenvalue weighted by Crippen LogP contribution is -2.20. The molecule has 29 heavy (non-hydrogen) atoms. The van der Waals surface area contributed by atoms with Gasteiger partial charge in [0.25, 0.3) is 0 Å². The van der Waals surface area contributed by atoms with E-state index in [1.807, 2.05) is 47.3 Å². The molecule has 3 N–H and O–H groups in total. The molecule has 0 aliphatic rings. The maximum atomic E-state index is 12.8. The number of nitrogens with one attached hydrogen (secondary N) is 1. The van der Waals surface area contributed by atoms with Gasteiger partial charge in [0.1, 0.15) is 0 Å². The van der Waals surface area contributed by atoms with Gasteiger partial charge < -0.3 is 15.6 Å². The van der Waals surface area contributed by atoms with Gasteiger partial charge in [0.05, 0.1) is 24.6 Å². The molecular weight excluding hydrogens is 384 g/mol. The third kappa shape index (κ3) is 4.35. The molecule has 0 bridgehead atoms. The summed E-state index contributed by atoms with van der Waals surface area (Å²) in [6, 6.07) is 18.1. The first kappa shape index (κ1) is 18.9. The lowest BCUT2D eigenvalue weighted by molar-refractivity contribution is -0.117. The van der Waals surface area contributed by atoms with Gasteiger partial charge in [0, 0.05) is 17.8 Å². The Morgan fingerprint density at radius 3 is 2.62 bits per heavy atom. The highest BCUT2D eigenvalue weighted by atomic mass is 32.1. The first-order valence-corrected chi connectivity index (χ1v) is 10.1. The van der Waals surface area contributed by atoms with Crippen LogP contribution in [0.5, 0.6) is 0 Å². The molecule has 0 unspecified atom stereocenters. The molecule has 0 spiro atoms. The molecule has 2 aromatic carbocycles. The van der Waals surface area contributed by atoms with Crippen molar-refractivity contribution >= 4 is 39.1 Å². The van der Waals surface area contributed by atoms with E-state index in [1.165, 1.54) is 11.3 Å². The quantitative estimate of drug-likeness (QED) is 0.492. The minimum atomic E-state index is -0.447. The number of carbonyl (C=O) groups is 2. The van der Waals surface area contributed by atoms with Crippen LogP contribution in [-0.4, -0.2) is 21.4 Å². The Balaban J connectivity index is 1.59. The van der Waals surface area contributed by atoms with Crippen LogP contribution in [0.25, 0.3) is 10.8 Å². The average molecular weight is 404 g/mol. The molecule has 4 aromatic rings. The van der Waals surface area contributed by atoms with E-state index in [4.69, 9.17) is 5.73 Å². The van der Waals surface area contributed by atoms with Gasteiger partial charge in [-0.3, -0.25) is 9.59 Å². The van der Waals surface area contributed by atoms with Gasteiger partial charge in [-0.25, -0.2) is 4.98 Å². The number of rotatable bonds is 7. The minimum Gasteiger partial charge on any atom is -0.369 e. The summed E-state index contributed by atoms with van der Waals surface area (Å²) in [6.07, 6.45) is 4.25. The second-order valence-electron chi connectivity index (χ2n) is 6.75. The molecule has 0 saturated heterocycles. The number of thiazole rings is 1. The first-order valence-electron chi connectivity index (χ1n) is 9.23. The lowest BCUT2D eigenvalue weighted by atomic mass is 9.96. The van der Waals surface area contributed by atoms with Gasteiger partial charge in [-0.05, 0) is 28.5 Å². The zero-order valence-electron chi connectivity index (χ0n) is 15.6. The van der Waals surface area contributed by atoms with Crippen molar-refractivity contribution in [3.05, 3.63) is 83.6 Å². The first-order chi connectivity index (χ1) is 14.1. The molecule has 0 radical (unpaired) electrons. The Kier molecular flexibility index (Phi) is 5.39. The normalized spacial score (nSPS) is 12.0. The second-order valence-corrected chi connectivity index (χ2v) is 7.61. The van der Waals surface area contributed by atoms with Crippen molar-refractivity contribution in [1.82, 2.24) is 9.55 Å². The van der Waals surface area contributed by atoms with E-state index in [0.29, 0.717) is 10.8 Å². The predicted octanol–water partition coefficient (Wildman–Crippen LogP) is 3.74. The van der Waals surface area contributed by atoms with Crippen molar-refractivity contribution < 1.29 is 9.59 Å². The molecule has 0 aliphatic carbocycles. The maximum Gasteiger partial charge on any atom is 0.228 e. The average Bonchev–Trinajstić information content (AvgIpc) is 3.38. The summed E-state index contributed by atoms with van der Waals surface area (Å²) in [5, 5.41) is 7.31. The van der Waals surface area contributed by atoms with E-state index in [0.717, 1.165) is 16.3 Å². The van der Waals surface area contributed by atoms with Crippen LogP contribution >= 0.6 is 11.3 Å². The third-order valence-electron chi connectivity index (χ3n) is 4.70. The smallest absolute Gasteiger partial charge is 0.228 e. The topological polar surface area (TPSA) is 90.0 Å². The molecule has 4 rings (SSSR count). The fourth-order valence-corrected chi connectivity index (χ4v) is 4.17. The van der Waals surface area contributed by atoms with E-state index in [-0.39, 0.29) is 24.8 Å². The summed E-state index contributed by atoms with van der Waals surface area (Å²) in [6.45, 7) is 0. The summed E-state index contributed by atoms with van der Waals surface area (Å²) < 4.78 is 2.04. The molecule has 146 valence electrons. The summed E-state index contributed by atoms with van der Waals surface area (Å²) in [4.78, 5) is 28.1. The largest absolute Gasteiger partial charge is 0.369 e. The van der Waals surface area contributed by atoms with Gasteiger partial charge >= 0.3 is 0 Å². The number of benzene rings is 2. The van der Waals surface area contributed by atoms with E-state index < -0.39 is 5.91 Å². The number of nitrogens with two attached hydrogens (primary N) is 1. The number of fused-ring (bicyclic) bond motifs is 1. The zero-order valence-corrected chi connectivity index (χ0v) is 16.4. The molecule has 6 nitrogen and oxygen atoms in total. The third-order valence-corrected chi connectivity index (χ3v) is 5.51. The predicted molar refractivity (Wildman–Crippen MR) is 115 cm³/mol. The van der Waals surface area contributed by atoms with Gasteiger partial charge in [-0.2, -0.15) is 0 Å². The van der Waals surface area contributed by atoms with E-state index in [1.54, 1.807) is 5.38 Å². The summed E-state index contributed by atoms with van der Waals surface area (Å²) in [5.74, 6) is -0.589. The Morgan fingerprint density at radius 1 is 1.07 bits per heavy atom. The number of carbonyl (C=O) groups excluding carboxylic acids is 2. The summed E-state index contributed by atoms with van der Waals surface area (Å²) in [7, 11) is 0. The van der Waals surface area contributed by atoms with Gasteiger partial charge in [-0.15, -0.1) is 11.3 Å². The monoisotopic (exact) mass is 404 g/mol. The molecular formula is C22H20N4O2S. The molecule has 0 fully saturated rings. The van der Waals surface area contributed by atoms with E-state index in [9.17, 15) is 9.59 Å². The van der Waals surface area contributed by atoms with Crippen LogP contribution in [0.3, 0.4) is 0 Å². The molecule has 2 aromatic heterocycles. The molecule has 2 heterocycles. The summed E-state index contributed by atoms with van der Waals surface area (Å²) in [5.41, 5.74) is 6.85. The SMILES string of the molecule is NC(=O)Cc1csc(NC(=O)C[C@@H](c2cccc3ccccc23)n2cccc2)n1. The number of hydrogen-bond acceptors (Lipinski definition) is 4. The highest BCUT2D eigenvalue weighted by molar-refractivity contribution is 7.13. The van der Waals surface area contributed by atoms with Crippen molar-refractivity contribution in [1.29, 1.82) is 0 Å². The Labute approximate surface area is 172 Å². The van der Waals surface area contributed by atoms with E-state index in [2.05, 4.69) is 34.6 Å². The van der Waals surface area contributed by atoms with Gasteiger partial charge in [-0.1, -0.05) is 42.5 Å². The van der Waals surface area contributed by atoms with Gasteiger partial charge in [0.15, 0.2) is 5.13 Å². The minimum absolute atomic E-state index is 0.0639. The fourth-order valence-electron chi connectivity index (χ4n) is 3.44. The van der Waals surface area contributed by atoms with Crippen LogP contribution in [0, 0.1) is 0 Å². The van der Waals surface area contributed by atoms with Crippen molar-refractivity contribution in [3.8, 4) is 0 Å². The number of nitrogens with zero attached hydrogens (tertiary/aromatic N) is 2. The van der Waals surface area contributed by atoms with Crippen molar-refractivity contribution in [2.45, 2.75) is 18.9 Å². The highest BCUT2D eigenvalue weighted by Crippen LogP contribution is 2.30. The molecule has 7 heteroatoms. The fraction of sp³-hybridized carbons (Fsp3) is 0.136. The maximum absolute atomic E-state index is 12.8. The van der Waals surface area contributed by atoms with Crippen molar-refractivity contribution in [3.63, 3.8) is 0 Å². The second kappa shape index (κ2) is 8.28. The zero-order chi connectivity index (χ0) is 20.2. The van der Waals surface area contributed by atoms with Crippen molar-refractivity contribution in [2.75, 3.05) is 5.32 Å². The van der Waals surface area contributed by atoms with Crippen LogP contribution in [0.2, 0.25) is 0 Å². The molecule has 2 amide bonds. The van der Waals surface area contributed by atoms with Crippen LogP contribution in [0.4, 0.5) is 5.13 Å². The number of hydrogen-bond donors (Lipinski definition) is 2. The van der Waals surface area contributed by atoms with Crippen molar-refractivity contribution in [2.24, 2.45) is 5.73 Å². The van der Waals surface area contributed by atoms with Crippen LogP contribution < -0.4 is 11.1 Å². The van der Waals surface area contributed by atoms with Crippen LogP contribution in [0.15, 0.2) is 72.4 Å². The number of primary amides is 1. The Bertz CT molecular complexity index is 1150. The molecule has 1 atom stereocenters. The van der Waals surface area contributed by atoms with Crippen LogP contribution in [0.1, 0.15) is 23.7 Å². The number of amides is 2. The number of anilines is 1. The summed E-state index contributed by atoms with van der Waals surface area (Å²) >= 11 is 1.29.